The van der Waals surface area contributed by atoms with Crippen molar-refractivity contribution in [3.63, 3.8) is 0 Å². The molecule has 0 spiro atoms. The fourth-order valence-corrected chi connectivity index (χ4v) is 5.16. The number of methoxy groups -OCH3 is 2. The molecule has 0 saturated carbocycles. The third-order valence-electron chi connectivity index (χ3n) is 7.25. The highest BCUT2D eigenvalue weighted by Gasteiger charge is 2.62. The lowest BCUT2D eigenvalue weighted by Crippen LogP contribution is -2.72. The molecule has 0 aromatic rings. The second-order valence-corrected chi connectivity index (χ2v) is 15.5. The zero-order chi connectivity index (χ0) is 22.8. The molecular weight excluding hydrogens is 404 g/mol. The first kappa shape index (κ1) is 24.3. The van der Waals surface area contributed by atoms with Gasteiger partial charge in [-0.2, -0.15) is 0 Å². The van der Waals surface area contributed by atoms with E-state index in [4.69, 9.17) is 32.8 Å². The summed E-state index contributed by atoms with van der Waals surface area (Å²) in [5, 5.41) is 0.0561. The van der Waals surface area contributed by atoms with Crippen LogP contribution in [-0.4, -0.2) is 70.9 Å². The molecule has 0 radical (unpaired) electrons. The second kappa shape index (κ2) is 7.62. The Morgan fingerprint density at radius 1 is 0.933 bits per heavy atom. The van der Waals surface area contributed by atoms with Gasteiger partial charge in [-0.1, -0.05) is 26.8 Å². The predicted octanol–water partition coefficient (Wildman–Crippen LogP) is 3.98. The van der Waals surface area contributed by atoms with E-state index in [1.54, 1.807) is 14.2 Å². The van der Waals surface area contributed by atoms with Crippen LogP contribution in [0, 0.1) is 0 Å². The number of ether oxygens (including phenoxy) is 6. The molecule has 0 bridgehead atoms. The summed E-state index contributed by atoms with van der Waals surface area (Å²) in [6, 6.07) is 0. The van der Waals surface area contributed by atoms with Gasteiger partial charge in [-0.25, -0.2) is 0 Å². The minimum Gasteiger partial charge on any atom is -0.408 e. The van der Waals surface area contributed by atoms with E-state index in [0.29, 0.717) is 6.61 Å². The standard InChI is InChI=1S/C22H40O7Si/c1-19(2,3)30(10,11)29-15-12-14-13-25-20(4,5)26-16(14)18-17(15)27-21(6,23-8)22(7,24-9)28-18/h12,15-18H,13H2,1-11H3/t15-,16+,17-,18-,21+,22+/m0/s1. The number of hydrogen-bond donors (Lipinski definition) is 0. The largest absolute Gasteiger partial charge is 0.408 e. The highest BCUT2D eigenvalue weighted by molar-refractivity contribution is 6.74. The normalized spacial score (nSPS) is 41.6. The summed E-state index contributed by atoms with van der Waals surface area (Å²) in [4.78, 5) is 0. The zero-order valence-corrected chi connectivity index (χ0v) is 21.5. The van der Waals surface area contributed by atoms with Crippen molar-refractivity contribution in [2.45, 2.75) is 108 Å². The highest BCUT2D eigenvalue weighted by Crippen LogP contribution is 2.48. The first-order valence-corrected chi connectivity index (χ1v) is 13.6. The Morgan fingerprint density at radius 3 is 1.97 bits per heavy atom. The van der Waals surface area contributed by atoms with Crippen molar-refractivity contribution in [3.05, 3.63) is 11.6 Å². The lowest BCUT2D eigenvalue weighted by atomic mass is 9.86. The van der Waals surface area contributed by atoms with Crippen LogP contribution in [0.3, 0.4) is 0 Å². The molecule has 3 rings (SSSR count). The Balaban J connectivity index is 2.03. The van der Waals surface area contributed by atoms with Crippen molar-refractivity contribution < 1.29 is 32.8 Å². The molecule has 0 amide bonds. The van der Waals surface area contributed by atoms with Gasteiger partial charge in [0.05, 0.1) is 12.7 Å². The summed E-state index contributed by atoms with van der Waals surface area (Å²) in [7, 11) is 1.11. The smallest absolute Gasteiger partial charge is 0.220 e. The molecule has 3 aliphatic rings. The van der Waals surface area contributed by atoms with E-state index < -0.39 is 37.9 Å². The van der Waals surface area contributed by atoms with Crippen LogP contribution >= 0.6 is 0 Å². The summed E-state index contributed by atoms with van der Waals surface area (Å²) in [5.41, 5.74) is 1.02. The van der Waals surface area contributed by atoms with E-state index in [1.807, 2.05) is 27.7 Å². The van der Waals surface area contributed by atoms with Gasteiger partial charge in [0, 0.05) is 14.2 Å². The van der Waals surface area contributed by atoms with Gasteiger partial charge in [0.25, 0.3) is 0 Å². The van der Waals surface area contributed by atoms with Crippen molar-refractivity contribution >= 4 is 8.32 Å². The van der Waals surface area contributed by atoms with E-state index in [-0.39, 0.29) is 17.2 Å². The van der Waals surface area contributed by atoms with Crippen molar-refractivity contribution in [1.82, 2.24) is 0 Å². The van der Waals surface area contributed by atoms with E-state index in [0.717, 1.165) is 5.57 Å². The summed E-state index contributed by atoms with van der Waals surface area (Å²) in [6.45, 7) is 19.1. The Labute approximate surface area is 182 Å². The molecule has 0 aromatic heterocycles. The molecule has 0 aromatic carbocycles. The number of hydrogen-bond acceptors (Lipinski definition) is 7. The van der Waals surface area contributed by atoms with Crippen molar-refractivity contribution in [2.75, 3.05) is 20.8 Å². The molecule has 2 heterocycles. The molecule has 30 heavy (non-hydrogen) atoms. The van der Waals surface area contributed by atoms with Gasteiger partial charge < -0.3 is 32.8 Å². The molecule has 0 unspecified atom stereocenters. The molecule has 7 nitrogen and oxygen atoms in total. The van der Waals surface area contributed by atoms with E-state index in [2.05, 4.69) is 39.9 Å². The number of rotatable bonds is 4. The SMILES string of the molecule is CO[C@]1(C)O[C@@H]2[C@@H](O[C@@]1(C)OC)[C@@H]1OC(C)(C)OCC1=C[C@@H]2O[Si](C)(C)C(C)(C)C. The summed E-state index contributed by atoms with van der Waals surface area (Å²) in [5.74, 6) is -2.93. The summed E-state index contributed by atoms with van der Waals surface area (Å²) in [6.07, 6.45) is 0.669. The lowest BCUT2D eigenvalue weighted by molar-refractivity contribution is -0.463. The first-order chi connectivity index (χ1) is 13.6. The Bertz CT molecular complexity index is 685. The Kier molecular flexibility index (Phi) is 6.18. The van der Waals surface area contributed by atoms with Crippen LogP contribution in [0.25, 0.3) is 0 Å². The quantitative estimate of drug-likeness (QED) is 0.480. The number of fused-ring (bicyclic) bond motifs is 3. The van der Waals surface area contributed by atoms with Crippen LogP contribution in [0.1, 0.15) is 48.5 Å². The molecule has 8 heteroatoms. The van der Waals surface area contributed by atoms with Crippen LogP contribution in [0.4, 0.5) is 0 Å². The fraction of sp³-hybridized carbons (Fsp3) is 0.909. The third kappa shape index (κ3) is 4.06. The van der Waals surface area contributed by atoms with Crippen molar-refractivity contribution in [2.24, 2.45) is 0 Å². The minimum absolute atomic E-state index is 0.0561. The van der Waals surface area contributed by atoms with Crippen LogP contribution in [0.2, 0.25) is 18.1 Å². The van der Waals surface area contributed by atoms with Gasteiger partial charge in [0.2, 0.25) is 11.6 Å². The Morgan fingerprint density at radius 2 is 1.47 bits per heavy atom. The molecule has 2 aliphatic heterocycles. The molecule has 0 N–H and O–H groups in total. The second-order valence-electron chi connectivity index (χ2n) is 10.8. The maximum absolute atomic E-state index is 6.80. The maximum atomic E-state index is 6.80. The van der Waals surface area contributed by atoms with Gasteiger partial charge in [0.1, 0.15) is 18.3 Å². The van der Waals surface area contributed by atoms with Crippen LogP contribution in [0.5, 0.6) is 0 Å². The van der Waals surface area contributed by atoms with E-state index in [9.17, 15) is 0 Å². The van der Waals surface area contributed by atoms with Gasteiger partial charge >= 0.3 is 0 Å². The van der Waals surface area contributed by atoms with Gasteiger partial charge in [0.15, 0.2) is 14.1 Å². The molecular formula is C22H40O7Si. The predicted molar refractivity (Wildman–Crippen MR) is 116 cm³/mol. The van der Waals surface area contributed by atoms with E-state index >= 15 is 0 Å². The fourth-order valence-electron chi connectivity index (χ4n) is 3.92. The molecule has 1 aliphatic carbocycles. The molecule has 2 saturated heterocycles. The van der Waals surface area contributed by atoms with Gasteiger partial charge in [-0.15, -0.1) is 0 Å². The van der Waals surface area contributed by atoms with Crippen molar-refractivity contribution in [3.8, 4) is 0 Å². The lowest BCUT2D eigenvalue weighted by Gasteiger charge is -2.58. The minimum atomic E-state index is -2.09. The molecule has 174 valence electrons. The maximum Gasteiger partial charge on any atom is 0.220 e. The van der Waals surface area contributed by atoms with Crippen LogP contribution in [0.15, 0.2) is 11.6 Å². The van der Waals surface area contributed by atoms with Gasteiger partial charge in [-0.05, 0) is 51.4 Å². The molecule has 2 fully saturated rings. The van der Waals surface area contributed by atoms with Crippen LogP contribution < -0.4 is 0 Å². The van der Waals surface area contributed by atoms with E-state index in [1.165, 1.54) is 0 Å². The summed E-state index contributed by atoms with van der Waals surface area (Å²) < 4.78 is 43.7. The first-order valence-electron chi connectivity index (χ1n) is 10.7. The highest BCUT2D eigenvalue weighted by atomic mass is 28.4. The average Bonchev–Trinajstić information content (AvgIpc) is 2.62. The average molecular weight is 445 g/mol. The zero-order valence-electron chi connectivity index (χ0n) is 20.5. The third-order valence-corrected chi connectivity index (χ3v) is 11.7. The molecule has 6 atom stereocenters. The van der Waals surface area contributed by atoms with Gasteiger partial charge in [-0.3, -0.25) is 0 Å². The summed E-state index contributed by atoms with van der Waals surface area (Å²) >= 11 is 0. The topological polar surface area (TPSA) is 64.6 Å². The monoisotopic (exact) mass is 444 g/mol. The Hall–Kier alpha value is -0.323. The van der Waals surface area contributed by atoms with Crippen LogP contribution in [-0.2, 0) is 32.8 Å². The van der Waals surface area contributed by atoms with Crippen molar-refractivity contribution in [1.29, 1.82) is 0 Å².